The molecule has 0 amide bonds. The van der Waals surface area contributed by atoms with E-state index in [-0.39, 0.29) is 0 Å². The van der Waals surface area contributed by atoms with Gasteiger partial charge in [0.2, 0.25) is 0 Å². The van der Waals surface area contributed by atoms with Gasteiger partial charge in [-0.25, -0.2) is 4.79 Å². The minimum absolute atomic E-state index is 0.429. The molecule has 0 aliphatic heterocycles. The van der Waals surface area contributed by atoms with Crippen molar-refractivity contribution < 1.29 is 9.90 Å². The number of rotatable bonds is 5. The van der Waals surface area contributed by atoms with Crippen LogP contribution in [-0.2, 0) is 11.2 Å². The average Bonchev–Trinajstić information content (AvgIpc) is 2.41. The van der Waals surface area contributed by atoms with Crippen LogP contribution in [0.5, 0.6) is 0 Å². The molecule has 4 heteroatoms. The summed E-state index contributed by atoms with van der Waals surface area (Å²) in [5, 5.41) is 12.9. The van der Waals surface area contributed by atoms with Crippen LogP contribution in [-0.4, -0.2) is 17.1 Å². The first-order valence-corrected chi connectivity index (χ1v) is 6.32. The summed E-state index contributed by atoms with van der Waals surface area (Å²) in [5.41, 5.74) is 1.73. The molecule has 0 aliphatic rings. The fraction of sp³-hybridized carbons (Fsp3) is 0.133. The van der Waals surface area contributed by atoms with Crippen LogP contribution in [0, 0.1) is 0 Å². The van der Waals surface area contributed by atoms with E-state index in [1.807, 2.05) is 30.3 Å². The normalized spacial score (nSPS) is 11.8. The van der Waals surface area contributed by atoms with Gasteiger partial charge >= 0.3 is 5.97 Å². The van der Waals surface area contributed by atoms with Crippen molar-refractivity contribution in [3.8, 4) is 0 Å². The Morgan fingerprint density at radius 3 is 2.32 bits per heavy atom. The number of aliphatic carboxylic acids is 1. The highest BCUT2D eigenvalue weighted by Crippen LogP contribution is 2.15. The summed E-state index contributed by atoms with van der Waals surface area (Å²) in [6, 6.07) is 15.9. The van der Waals surface area contributed by atoms with E-state index >= 15 is 0 Å². The molecule has 19 heavy (non-hydrogen) atoms. The standard InChI is InChI=1S/C15H14ClNO2/c16-12-6-8-13(9-7-12)17-14(15(18)19)10-11-4-2-1-3-5-11/h1-9,14,17H,10H2,(H,18,19)/t14-/m0/s1. The topological polar surface area (TPSA) is 49.3 Å². The van der Waals surface area contributed by atoms with E-state index < -0.39 is 12.0 Å². The number of carbonyl (C=O) groups is 1. The van der Waals surface area contributed by atoms with Gasteiger partial charge in [-0.05, 0) is 29.8 Å². The first kappa shape index (κ1) is 13.4. The Morgan fingerprint density at radius 1 is 1.11 bits per heavy atom. The Bertz CT molecular complexity index is 540. The maximum atomic E-state index is 11.3. The van der Waals surface area contributed by atoms with E-state index in [1.165, 1.54) is 0 Å². The van der Waals surface area contributed by atoms with Gasteiger partial charge in [-0.15, -0.1) is 0 Å². The first-order chi connectivity index (χ1) is 9.15. The van der Waals surface area contributed by atoms with Crippen molar-refractivity contribution in [2.24, 2.45) is 0 Å². The van der Waals surface area contributed by atoms with Gasteiger partial charge in [-0.1, -0.05) is 41.9 Å². The fourth-order valence-corrected chi connectivity index (χ4v) is 1.92. The van der Waals surface area contributed by atoms with Crippen LogP contribution in [0.25, 0.3) is 0 Å². The molecule has 2 aromatic rings. The van der Waals surface area contributed by atoms with Crippen LogP contribution in [0.2, 0.25) is 5.02 Å². The Kier molecular flexibility index (Phi) is 4.42. The lowest BCUT2D eigenvalue weighted by Crippen LogP contribution is -2.31. The van der Waals surface area contributed by atoms with Crippen molar-refractivity contribution in [2.75, 3.05) is 5.32 Å². The molecule has 0 aliphatic carbocycles. The van der Waals surface area contributed by atoms with E-state index in [4.69, 9.17) is 11.6 Å². The number of nitrogens with one attached hydrogen (secondary N) is 1. The van der Waals surface area contributed by atoms with Crippen LogP contribution in [0.3, 0.4) is 0 Å². The minimum Gasteiger partial charge on any atom is -0.480 e. The monoisotopic (exact) mass is 275 g/mol. The number of halogens is 1. The summed E-state index contributed by atoms with van der Waals surface area (Å²) in [5.74, 6) is -0.876. The van der Waals surface area contributed by atoms with Crippen LogP contribution in [0.1, 0.15) is 5.56 Å². The largest absolute Gasteiger partial charge is 0.480 e. The van der Waals surface area contributed by atoms with E-state index in [0.717, 1.165) is 11.3 Å². The highest BCUT2D eigenvalue weighted by atomic mass is 35.5. The Balaban J connectivity index is 2.08. The molecule has 0 fully saturated rings. The number of anilines is 1. The zero-order valence-electron chi connectivity index (χ0n) is 10.2. The summed E-state index contributed by atoms with van der Waals surface area (Å²) >= 11 is 5.80. The Morgan fingerprint density at radius 2 is 1.74 bits per heavy atom. The molecular formula is C15H14ClNO2. The molecule has 2 rings (SSSR count). The molecule has 0 saturated carbocycles. The van der Waals surface area contributed by atoms with Crippen LogP contribution >= 0.6 is 11.6 Å². The maximum absolute atomic E-state index is 11.3. The molecule has 0 spiro atoms. The molecule has 0 heterocycles. The van der Waals surface area contributed by atoms with E-state index in [0.29, 0.717) is 11.4 Å². The molecule has 98 valence electrons. The predicted octanol–water partition coefficient (Wildman–Crippen LogP) is 3.45. The molecule has 0 aromatic heterocycles. The second-order valence-corrected chi connectivity index (χ2v) is 4.67. The SMILES string of the molecule is O=C(O)[C@H](Cc1ccccc1)Nc1ccc(Cl)cc1. The van der Waals surface area contributed by atoms with Gasteiger partial charge in [0.05, 0.1) is 0 Å². The Hall–Kier alpha value is -2.00. The molecule has 1 atom stereocenters. The summed E-state index contributed by atoms with van der Waals surface area (Å²) in [7, 11) is 0. The molecule has 0 saturated heterocycles. The molecule has 2 N–H and O–H groups in total. The molecule has 0 radical (unpaired) electrons. The highest BCUT2D eigenvalue weighted by molar-refractivity contribution is 6.30. The van der Waals surface area contributed by atoms with Gasteiger partial charge in [0.1, 0.15) is 6.04 Å². The third kappa shape index (κ3) is 4.00. The van der Waals surface area contributed by atoms with Crippen LogP contribution in [0.15, 0.2) is 54.6 Å². The third-order valence-corrected chi connectivity index (χ3v) is 3.02. The molecule has 0 unspecified atom stereocenters. The van der Waals surface area contributed by atoms with Crippen molar-refractivity contribution in [1.29, 1.82) is 0 Å². The quantitative estimate of drug-likeness (QED) is 0.879. The van der Waals surface area contributed by atoms with Crippen molar-refractivity contribution in [3.63, 3.8) is 0 Å². The Labute approximate surface area is 116 Å². The summed E-state index contributed by atoms with van der Waals surface area (Å²) in [4.78, 5) is 11.3. The van der Waals surface area contributed by atoms with Gasteiger partial charge in [0, 0.05) is 17.1 Å². The predicted molar refractivity (Wildman–Crippen MR) is 76.6 cm³/mol. The number of carboxylic acid groups (broad SMARTS) is 1. The second-order valence-electron chi connectivity index (χ2n) is 4.23. The van der Waals surface area contributed by atoms with Gasteiger partial charge in [-0.2, -0.15) is 0 Å². The lowest BCUT2D eigenvalue weighted by Gasteiger charge is -2.16. The summed E-state index contributed by atoms with van der Waals surface area (Å²) in [6.07, 6.45) is 0.429. The first-order valence-electron chi connectivity index (χ1n) is 5.94. The molecule has 0 bridgehead atoms. The van der Waals surface area contributed by atoms with Gasteiger partial charge in [0.25, 0.3) is 0 Å². The molecular weight excluding hydrogens is 262 g/mol. The van der Waals surface area contributed by atoms with E-state index in [1.54, 1.807) is 24.3 Å². The lowest BCUT2D eigenvalue weighted by molar-refractivity contribution is -0.137. The second kappa shape index (κ2) is 6.25. The van der Waals surface area contributed by atoms with Crippen molar-refractivity contribution in [3.05, 3.63) is 65.2 Å². The van der Waals surface area contributed by atoms with Crippen LogP contribution < -0.4 is 5.32 Å². The van der Waals surface area contributed by atoms with E-state index in [9.17, 15) is 9.90 Å². The minimum atomic E-state index is -0.876. The smallest absolute Gasteiger partial charge is 0.326 e. The lowest BCUT2D eigenvalue weighted by atomic mass is 10.1. The van der Waals surface area contributed by atoms with Crippen LogP contribution in [0.4, 0.5) is 5.69 Å². The molecule has 3 nitrogen and oxygen atoms in total. The number of hydrogen-bond acceptors (Lipinski definition) is 2. The number of benzene rings is 2. The van der Waals surface area contributed by atoms with Crippen molar-refractivity contribution in [1.82, 2.24) is 0 Å². The van der Waals surface area contributed by atoms with Gasteiger partial charge in [-0.3, -0.25) is 0 Å². The number of hydrogen-bond donors (Lipinski definition) is 2. The average molecular weight is 276 g/mol. The van der Waals surface area contributed by atoms with Gasteiger partial charge < -0.3 is 10.4 Å². The summed E-state index contributed by atoms with van der Waals surface area (Å²) in [6.45, 7) is 0. The fourth-order valence-electron chi connectivity index (χ4n) is 1.80. The maximum Gasteiger partial charge on any atom is 0.326 e. The molecule has 2 aromatic carbocycles. The zero-order valence-corrected chi connectivity index (χ0v) is 11.0. The van der Waals surface area contributed by atoms with Crippen molar-refractivity contribution in [2.45, 2.75) is 12.5 Å². The van der Waals surface area contributed by atoms with Gasteiger partial charge in [0.15, 0.2) is 0 Å². The van der Waals surface area contributed by atoms with Crippen molar-refractivity contribution >= 4 is 23.3 Å². The highest BCUT2D eigenvalue weighted by Gasteiger charge is 2.17. The zero-order chi connectivity index (χ0) is 13.7. The summed E-state index contributed by atoms with van der Waals surface area (Å²) < 4.78 is 0. The van der Waals surface area contributed by atoms with E-state index in [2.05, 4.69) is 5.32 Å². The number of carboxylic acids is 1. The third-order valence-electron chi connectivity index (χ3n) is 2.77.